The van der Waals surface area contributed by atoms with E-state index in [1.807, 2.05) is 38.1 Å². The topological polar surface area (TPSA) is 99.3 Å². The number of rotatable bonds is 8. The van der Waals surface area contributed by atoms with Gasteiger partial charge in [0, 0.05) is 28.4 Å². The molecule has 0 bridgehead atoms. The maximum atomic E-state index is 14.0. The lowest BCUT2D eigenvalue weighted by Gasteiger charge is -2.19. The molecule has 210 valence electrons. The van der Waals surface area contributed by atoms with Crippen molar-refractivity contribution in [2.75, 3.05) is 18.6 Å². The molecule has 11 heteroatoms. The number of esters is 1. The molecule has 1 amide bonds. The van der Waals surface area contributed by atoms with Crippen LogP contribution in [0.4, 0.5) is 5.95 Å². The van der Waals surface area contributed by atoms with Crippen molar-refractivity contribution >= 4 is 57.4 Å². The zero-order valence-corrected chi connectivity index (χ0v) is 24.8. The van der Waals surface area contributed by atoms with E-state index in [1.165, 1.54) is 16.2 Å². The van der Waals surface area contributed by atoms with Crippen LogP contribution >= 0.6 is 22.9 Å². The summed E-state index contributed by atoms with van der Waals surface area (Å²) in [6.07, 6.45) is 0. The lowest BCUT2D eigenvalue weighted by atomic mass is 10.0. The van der Waals surface area contributed by atoms with Crippen molar-refractivity contribution in [3.05, 3.63) is 92.7 Å². The van der Waals surface area contributed by atoms with E-state index < -0.39 is 11.9 Å². The number of para-hydroxylation sites is 1. The monoisotopic (exact) mass is 589 g/mol. The van der Waals surface area contributed by atoms with Crippen molar-refractivity contribution < 1.29 is 19.1 Å². The number of amides is 1. The normalized spacial score (nSPS) is 11.2. The molecule has 41 heavy (non-hydrogen) atoms. The van der Waals surface area contributed by atoms with Crippen molar-refractivity contribution in [2.45, 2.75) is 34.2 Å². The second kappa shape index (κ2) is 11.3. The minimum atomic E-state index is -0.447. The fourth-order valence-electron chi connectivity index (χ4n) is 4.78. The summed E-state index contributed by atoms with van der Waals surface area (Å²) in [6, 6.07) is 16.1. The third-order valence-electron chi connectivity index (χ3n) is 6.95. The van der Waals surface area contributed by atoms with Crippen LogP contribution in [-0.4, -0.2) is 50.6 Å². The number of ether oxygens (including phenoxy) is 1. The molecule has 0 radical (unpaired) electrons. The molecule has 0 aliphatic heterocycles. The summed E-state index contributed by atoms with van der Waals surface area (Å²) in [7, 11) is 1.59. The van der Waals surface area contributed by atoms with E-state index in [4.69, 9.17) is 16.3 Å². The van der Waals surface area contributed by atoms with Gasteiger partial charge in [-0.1, -0.05) is 41.9 Å². The van der Waals surface area contributed by atoms with Gasteiger partial charge in [0.1, 0.15) is 23.1 Å². The van der Waals surface area contributed by atoms with E-state index >= 15 is 0 Å². The molecule has 9 nitrogen and oxygen atoms in total. The second-order valence-corrected chi connectivity index (χ2v) is 11.1. The van der Waals surface area contributed by atoms with E-state index in [2.05, 4.69) is 10.2 Å². The van der Waals surface area contributed by atoms with Crippen molar-refractivity contribution in [3.63, 3.8) is 0 Å². The van der Waals surface area contributed by atoms with Crippen LogP contribution in [0.5, 0.6) is 0 Å². The van der Waals surface area contributed by atoms with Gasteiger partial charge in [0.15, 0.2) is 5.78 Å². The fourth-order valence-corrected chi connectivity index (χ4v) is 6.20. The number of nitrogens with zero attached hydrogens (tertiary/aromatic N) is 5. The number of halogens is 1. The van der Waals surface area contributed by atoms with E-state index in [1.54, 1.807) is 60.4 Å². The molecule has 2 aromatic carbocycles. The molecule has 0 aliphatic carbocycles. The van der Waals surface area contributed by atoms with Crippen LogP contribution < -0.4 is 4.90 Å². The number of hydrogen-bond donors (Lipinski definition) is 0. The summed E-state index contributed by atoms with van der Waals surface area (Å²) >= 11 is 7.81. The van der Waals surface area contributed by atoms with Crippen LogP contribution in [-0.2, 0) is 16.1 Å². The standard InChI is InChI=1S/C30H28ClN5O4S/c1-6-40-25(37)16-35-23-14-10-7-11-20(23)15-24(35)28(39)34(5)30-33-32-19(4)36(30)29-26(17(2)18(3)41-29)27(38)21-12-8-9-13-22(21)31/h7-15H,6,16H2,1-5H3. The van der Waals surface area contributed by atoms with Crippen LogP contribution in [0.2, 0.25) is 5.02 Å². The number of anilines is 1. The summed E-state index contributed by atoms with van der Waals surface area (Å²) in [4.78, 5) is 42.6. The zero-order valence-electron chi connectivity index (χ0n) is 23.3. The summed E-state index contributed by atoms with van der Waals surface area (Å²) < 4.78 is 8.52. The van der Waals surface area contributed by atoms with Gasteiger partial charge < -0.3 is 9.30 Å². The van der Waals surface area contributed by atoms with Gasteiger partial charge in [-0.3, -0.25) is 23.9 Å². The first-order valence-corrected chi connectivity index (χ1v) is 14.2. The highest BCUT2D eigenvalue weighted by molar-refractivity contribution is 7.15. The highest BCUT2D eigenvalue weighted by Gasteiger charge is 2.30. The van der Waals surface area contributed by atoms with E-state index in [9.17, 15) is 14.4 Å². The van der Waals surface area contributed by atoms with Crippen molar-refractivity contribution in [1.82, 2.24) is 19.3 Å². The molecule has 0 spiro atoms. The number of aryl methyl sites for hydroxylation is 2. The van der Waals surface area contributed by atoms with Gasteiger partial charge in [0.05, 0.1) is 17.2 Å². The molecule has 5 rings (SSSR count). The van der Waals surface area contributed by atoms with Crippen LogP contribution in [0, 0.1) is 20.8 Å². The number of fused-ring (bicyclic) bond motifs is 1. The Labute approximate surface area is 245 Å². The molecule has 0 fully saturated rings. The fraction of sp³-hybridized carbons (Fsp3) is 0.233. The molecular weight excluding hydrogens is 562 g/mol. The van der Waals surface area contributed by atoms with Crippen LogP contribution in [0.1, 0.15) is 49.6 Å². The highest BCUT2D eigenvalue weighted by atomic mass is 35.5. The molecule has 0 N–H and O–H groups in total. The Hall–Kier alpha value is -4.28. The number of benzene rings is 2. The number of carbonyl (C=O) groups excluding carboxylic acids is 3. The predicted octanol–water partition coefficient (Wildman–Crippen LogP) is 5.93. The average molecular weight is 590 g/mol. The molecule has 0 saturated heterocycles. The molecule has 3 heterocycles. The third kappa shape index (κ3) is 5.05. The molecule has 0 atom stereocenters. The minimum absolute atomic E-state index is 0.123. The van der Waals surface area contributed by atoms with Gasteiger partial charge in [0.2, 0.25) is 5.95 Å². The number of hydrogen-bond acceptors (Lipinski definition) is 7. The van der Waals surface area contributed by atoms with Gasteiger partial charge in [-0.05, 0) is 57.5 Å². The first-order valence-electron chi connectivity index (χ1n) is 13.0. The third-order valence-corrected chi connectivity index (χ3v) is 8.47. The van der Waals surface area contributed by atoms with Crippen molar-refractivity contribution in [3.8, 4) is 5.00 Å². The highest BCUT2D eigenvalue weighted by Crippen LogP contribution is 2.36. The van der Waals surface area contributed by atoms with E-state index in [0.29, 0.717) is 32.7 Å². The van der Waals surface area contributed by atoms with E-state index in [0.717, 1.165) is 21.3 Å². The minimum Gasteiger partial charge on any atom is -0.465 e. The van der Waals surface area contributed by atoms with E-state index in [-0.39, 0.29) is 24.9 Å². The largest absolute Gasteiger partial charge is 0.465 e. The number of carbonyl (C=O) groups is 3. The summed E-state index contributed by atoms with van der Waals surface area (Å²) in [6.45, 7) is 7.44. The molecule has 0 aliphatic rings. The first kappa shape index (κ1) is 28.3. The lowest BCUT2D eigenvalue weighted by Crippen LogP contribution is -2.31. The first-order chi connectivity index (χ1) is 19.6. The summed E-state index contributed by atoms with van der Waals surface area (Å²) in [5.41, 5.74) is 2.70. The smallest absolute Gasteiger partial charge is 0.325 e. The Morgan fingerprint density at radius 1 is 1.02 bits per heavy atom. The summed E-state index contributed by atoms with van der Waals surface area (Å²) in [5.74, 6) is -0.342. The van der Waals surface area contributed by atoms with Gasteiger partial charge in [0.25, 0.3) is 5.91 Å². The Bertz CT molecular complexity index is 1820. The quantitative estimate of drug-likeness (QED) is 0.164. The Kier molecular flexibility index (Phi) is 7.79. The van der Waals surface area contributed by atoms with Crippen molar-refractivity contribution in [2.24, 2.45) is 0 Å². The zero-order chi connectivity index (χ0) is 29.4. The number of ketones is 1. The number of thiophene rings is 1. The van der Waals surface area contributed by atoms with Crippen molar-refractivity contribution in [1.29, 1.82) is 0 Å². The molecule has 0 saturated carbocycles. The van der Waals surface area contributed by atoms with Crippen LogP contribution in [0.3, 0.4) is 0 Å². The Morgan fingerprint density at radius 3 is 2.46 bits per heavy atom. The number of aromatic nitrogens is 4. The van der Waals surface area contributed by atoms with Gasteiger partial charge in [-0.15, -0.1) is 21.5 Å². The molecule has 5 aromatic rings. The van der Waals surface area contributed by atoms with Crippen LogP contribution in [0.15, 0.2) is 54.6 Å². The Morgan fingerprint density at radius 2 is 1.73 bits per heavy atom. The maximum absolute atomic E-state index is 14.0. The second-order valence-electron chi connectivity index (χ2n) is 9.50. The predicted molar refractivity (Wildman–Crippen MR) is 160 cm³/mol. The molecule has 0 unspecified atom stereocenters. The lowest BCUT2D eigenvalue weighted by molar-refractivity contribution is -0.143. The summed E-state index contributed by atoms with van der Waals surface area (Å²) in [5, 5.41) is 10.3. The average Bonchev–Trinajstić information content (AvgIpc) is 3.60. The SMILES string of the molecule is CCOC(=O)Cn1c(C(=O)N(C)c2nnc(C)n2-c2sc(C)c(C)c2C(=O)c2ccccc2Cl)cc2ccccc21. The Balaban J connectivity index is 1.61. The van der Waals surface area contributed by atoms with Gasteiger partial charge in [-0.25, -0.2) is 0 Å². The maximum Gasteiger partial charge on any atom is 0.325 e. The molecule has 3 aromatic heterocycles. The molecular formula is C30H28ClN5O4S. The van der Waals surface area contributed by atoms with Gasteiger partial charge >= 0.3 is 5.97 Å². The van der Waals surface area contributed by atoms with Crippen LogP contribution in [0.25, 0.3) is 15.9 Å². The van der Waals surface area contributed by atoms with Gasteiger partial charge in [-0.2, -0.15) is 0 Å².